The molecule has 2 heterocycles. The highest BCUT2D eigenvalue weighted by atomic mass is 32.2. The molecule has 3 fully saturated rings. The Bertz CT molecular complexity index is 745. The van der Waals surface area contributed by atoms with E-state index < -0.39 is 10.0 Å². The second-order valence-corrected chi connectivity index (χ2v) is 10.1. The summed E-state index contributed by atoms with van der Waals surface area (Å²) in [6, 6.07) is 10.0. The van der Waals surface area contributed by atoms with Crippen molar-refractivity contribution < 1.29 is 13.2 Å². The Balaban J connectivity index is 1.50. The van der Waals surface area contributed by atoms with Gasteiger partial charge in [-0.1, -0.05) is 30.3 Å². The van der Waals surface area contributed by atoms with Crippen LogP contribution in [0.5, 0.6) is 0 Å². The largest absolute Gasteiger partial charge is 0.338 e. The third-order valence-electron chi connectivity index (χ3n) is 5.90. The van der Waals surface area contributed by atoms with Crippen LogP contribution in [0.4, 0.5) is 0 Å². The molecular formula is C19H26N2O3S. The first kappa shape index (κ1) is 17.0. The molecular weight excluding hydrogens is 336 g/mol. The van der Waals surface area contributed by atoms with Crippen LogP contribution < -0.4 is 0 Å². The molecule has 1 aromatic rings. The van der Waals surface area contributed by atoms with Crippen LogP contribution in [0.2, 0.25) is 0 Å². The quantitative estimate of drug-likeness (QED) is 0.826. The number of carbonyl (C=O) groups excluding carboxylic acids is 1. The zero-order valence-corrected chi connectivity index (χ0v) is 15.4. The lowest BCUT2D eigenvalue weighted by Crippen LogP contribution is -2.55. The number of likely N-dealkylation sites (tertiary alicyclic amines) is 1. The number of amides is 1. The van der Waals surface area contributed by atoms with E-state index in [1.54, 1.807) is 4.31 Å². The summed E-state index contributed by atoms with van der Waals surface area (Å²) in [5.41, 5.74) is 1.06. The van der Waals surface area contributed by atoms with Crippen LogP contribution in [0, 0.1) is 5.41 Å². The van der Waals surface area contributed by atoms with E-state index >= 15 is 0 Å². The number of hydrogen-bond acceptors (Lipinski definition) is 3. The van der Waals surface area contributed by atoms with Crippen LogP contribution in [0.1, 0.15) is 44.1 Å². The minimum atomic E-state index is -3.12. The van der Waals surface area contributed by atoms with Crippen LogP contribution in [0.3, 0.4) is 0 Å². The first-order valence-electron chi connectivity index (χ1n) is 9.29. The smallest absolute Gasteiger partial charge is 0.222 e. The molecule has 0 aromatic heterocycles. The molecule has 1 unspecified atom stereocenters. The summed E-state index contributed by atoms with van der Waals surface area (Å²) in [5.74, 6) is 0.191. The van der Waals surface area contributed by atoms with Crippen LogP contribution >= 0.6 is 0 Å². The number of nitrogens with zero attached hydrogens (tertiary/aromatic N) is 2. The maximum Gasteiger partial charge on any atom is 0.222 e. The normalized spacial score (nSPS) is 28.5. The summed E-state index contributed by atoms with van der Waals surface area (Å²) in [4.78, 5) is 14.4. The molecule has 3 aliphatic rings. The van der Waals surface area contributed by atoms with Crippen molar-refractivity contribution in [1.82, 2.24) is 9.21 Å². The molecule has 0 radical (unpaired) electrons. The molecule has 2 saturated heterocycles. The zero-order valence-electron chi connectivity index (χ0n) is 14.6. The summed E-state index contributed by atoms with van der Waals surface area (Å²) in [6.07, 6.45) is 4.88. The number of rotatable bonds is 4. The summed E-state index contributed by atoms with van der Waals surface area (Å²) in [5, 5.41) is -0.145. The van der Waals surface area contributed by atoms with Gasteiger partial charge in [0, 0.05) is 38.0 Å². The van der Waals surface area contributed by atoms with E-state index in [1.165, 1.54) is 0 Å². The van der Waals surface area contributed by atoms with Crippen molar-refractivity contribution in [3.8, 4) is 0 Å². The van der Waals surface area contributed by atoms with Gasteiger partial charge in [-0.25, -0.2) is 12.7 Å². The van der Waals surface area contributed by atoms with Gasteiger partial charge in [0.1, 0.15) is 0 Å². The molecule has 4 rings (SSSR count). The summed E-state index contributed by atoms with van der Waals surface area (Å²) >= 11 is 0. The molecule has 136 valence electrons. The van der Waals surface area contributed by atoms with E-state index in [0.717, 1.165) is 37.7 Å². The van der Waals surface area contributed by atoms with Crippen molar-refractivity contribution >= 4 is 15.9 Å². The standard InChI is InChI=1S/C19H26N2O3S/c22-18-9-11-19(14-20(18)13-16-5-2-1-3-6-16)10-4-12-21(15-19)25(23,24)17-7-8-17/h1-3,5-6,17H,4,7-15H2. The van der Waals surface area contributed by atoms with Gasteiger partial charge >= 0.3 is 0 Å². The van der Waals surface area contributed by atoms with Gasteiger partial charge in [-0.2, -0.15) is 0 Å². The molecule has 1 saturated carbocycles. The third-order valence-corrected chi connectivity index (χ3v) is 8.24. The highest BCUT2D eigenvalue weighted by molar-refractivity contribution is 7.90. The monoisotopic (exact) mass is 362 g/mol. The Hall–Kier alpha value is -1.40. The van der Waals surface area contributed by atoms with Gasteiger partial charge in [-0.05, 0) is 37.7 Å². The van der Waals surface area contributed by atoms with Gasteiger partial charge in [0.15, 0.2) is 0 Å². The maximum atomic E-state index is 12.7. The van der Waals surface area contributed by atoms with E-state index in [1.807, 2.05) is 35.2 Å². The van der Waals surface area contributed by atoms with Gasteiger partial charge < -0.3 is 4.90 Å². The molecule has 6 heteroatoms. The predicted molar refractivity (Wildman–Crippen MR) is 96.3 cm³/mol. The van der Waals surface area contributed by atoms with Crippen molar-refractivity contribution in [2.45, 2.75) is 50.3 Å². The molecule has 1 aromatic carbocycles. The summed E-state index contributed by atoms with van der Waals surface area (Å²) < 4.78 is 27.0. The minimum absolute atomic E-state index is 0.0666. The average molecular weight is 362 g/mol. The van der Waals surface area contributed by atoms with Crippen molar-refractivity contribution in [2.24, 2.45) is 5.41 Å². The minimum Gasteiger partial charge on any atom is -0.338 e. The predicted octanol–water partition coefficient (Wildman–Crippen LogP) is 2.38. The Labute approximate surface area is 150 Å². The van der Waals surface area contributed by atoms with E-state index in [0.29, 0.717) is 32.6 Å². The van der Waals surface area contributed by atoms with Crippen LogP contribution in [-0.4, -0.2) is 48.4 Å². The lowest BCUT2D eigenvalue weighted by atomic mass is 9.74. The van der Waals surface area contributed by atoms with Crippen molar-refractivity contribution in [3.05, 3.63) is 35.9 Å². The Morgan fingerprint density at radius 1 is 1.08 bits per heavy atom. The van der Waals surface area contributed by atoms with Gasteiger partial charge in [0.05, 0.1) is 5.25 Å². The third kappa shape index (κ3) is 3.47. The molecule has 1 aliphatic carbocycles. The highest BCUT2D eigenvalue weighted by Crippen LogP contribution is 2.42. The fourth-order valence-corrected chi connectivity index (χ4v) is 6.33. The fraction of sp³-hybridized carbons (Fsp3) is 0.632. The van der Waals surface area contributed by atoms with E-state index in [-0.39, 0.29) is 16.6 Å². The second kappa shape index (κ2) is 6.40. The van der Waals surface area contributed by atoms with Crippen LogP contribution in [-0.2, 0) is 21.4 Å². The zero-order chi connectivity index (χ0) is 17.5. The SMILES string of the molecule is O=C1CCC2(CCCN(S(=O)(=O)C3CC3)C2)CN1Cc1ccccc1. The number of carbonyl (C=O) groups is 1. The van der Waals surface area contributed by atoms with E-state index in [9.17, 15) is 13.2 Å². The van der Waals surface area contributed by atoms with E-state index in [4.69, 9.17) is 0 Å². The molecule has 1 spiro atoms. The lowest BCUT2D eigenvalue weighted by Gasteiger charge is -2.47. The van der Waals surface area contributed by atoms with Crippen molar-refractivity contribution in [3.63, 3.8) is 0 Å². The van der Waals surface area contributed by atoms with Gasteiger partial charge in [0.2, 0.25) is 15.9 Å². The van der Waals surface area contributed by atoms with E-state index in [2.05, 4.69) is 0 Å². The maximum absolute atomic E-state index is 12.7. The van der Waals surface area contributed by atoms with Gasteiger partial charge in [-0.15, -0.1) is 0 Å². The number of piperidine rings is 2. The van der Waals surface area contributed by atoms with Crippen molar-refractivity contribution in [2.75, 3.05) is 19.6 Å². The molecule has 1 amide bonds. The first-order chi connectivity index (χ1) is 12.0. The van der Waals surface area contributed by atoms with Gasteiger partial charge in [0.25, 0.3) is 0 Å². The molecule has 25 heavy (non-hydrogen) atoms. The number of benzene rings is 1. The lowest BCUT2D eigenvalue weighted by molar-refractivity contribution is -0.139. The second-order valence-electron chi connectivity index (χ2n) is 7.92. The molecule has 5 nitrogen and oxygen atoms in total. The number of hydrogen-bond donors (Lipinski definition) is 0. The summed E-state index contributed by atoms with van der Waals surface area (Å²) in [6.45, 7) is 2.53. The van der Waals surface area contributed by atoms with Crippen LogP contribution in [0.25, 0.3) is 0 Å². The average Bonchev–Trinajstić information content (AvgIpc) is 3.45. The van der Waals surface area contributed by atoms with Crippen molar-refractivity contribution in [1.29, 1.82) is 0 Å². The molecule has 2 aliphatic heterocycles. The topological polar surface area (TPSA) is 57.7 Å². The summed E-state index contributed by atoms with van der Waals surface area (Å²) in [7, 11) is -3.12. The first-order valence-corrected chi connectivity index (χ1v) is 10.8. The Kier molecular flexibility index (Phi) is 4.36. The Morgan fingerprint density at radius 2 is 1.84 bits per heavy atom. The van der Waals surface area contributed by atoms with Crippen LogP contribution in [0.15, 0.2) is 30.3 Å². The molecule has 1 atom stereocenters. The number of sulfonamides is 1. The Morgan fingerprint density at radius 3 is 2.56 bits per heavy atom. The fourth-order valence-electron chi connectivity index (χ4n) is 4.34. The molecule has 0 bridgehead atoms. The molecule has 0 N–H and O–H groups in total. The van der Waals surface area contributed by atoms with Gasteiger partial charge in [-0.3, -0.25) is 4.79 Å². The highest BCUT2D eigenvalue weighted by Gasteiger charge is 2.47.